The van der Waals surface area contributed by atoms with Gasteiger partial charge >= 0.3 is 0 Å². The summed E-state index contributed by atoms with van der Waals surface area (Å²) >= 11 is 3.29. The van der Waals surface area contributed by atoms with Gasteiger partial charge in [0.2, 0.25) is 0 Å². The first kappa shape index (κ1) is 14.5. The van der Waals surface area contributed by atoms with Crippen LogP contribution in [0.4, 0.5) is 5.82 Å². The standard InChI is InChI=1S/C15H16BrN3O/c1-2-13(10-6-4-3-5-7-10)19-15(20)12-8-11(16)9-18-14(12)17/h3-9,13H,2H2,1H3,(H2,17,18)(H,19,20). The van der Waals surface area contributed by atoms with E-state index in [4.69, 9.17) is 5.73 Å². The highest BCUT2D eigenvalue weighted by atomic mass is 79.9. The van der Waals surface area contributed by atoms with E-state index in [2.05, 4.69) is 26.2 Å². The number of aromatic nitrogens is 1. The normalized spacial score (nSPS) is 11.9. The summed E-state index contributed by atoms with van der Waals surface area (Å²) in [6.07, 6.45) is 2.37. The number of halogens is 1. The molecule has 0 aliphatic heterocycles. The average molecular weight is 334 g/mol. The number of amides is 1. The smallest absolute Gasteiger partial charge is 0.255 e. The predicted molar refractivity (Wildman–Crippen MR) is 83.3 cm³/mol. The number of nitrogens with zero attached hydrogens (tertiary/aromatic N) is 1. The van der Waals surface area contributed by atoms with Crippen molar-refractivity contribution < 1.29 is 4.79 Å². The van der Waals surface area contributed by atoms with E-state index in [1.165, 1.54) is 0 Å². The predicted octanol–water partition coefficient (Wildman–Crippen LogP) is 3.31. The van der Waals surface area contributed by atoms with Gasteiger partial charge in [0.15, 0.2) is 0 Å². The molecule has 1 heterocycles. The zero-order valence-corrected chi connectivity index (χ0v) is 12.7. The van der Waals surface area contributed by atoms with Crippen LogP contribution in [-0.4, -0.2) is 10.9 Å². The molecule has 0 saturated carbocycles. The van der Waals surface area contributed by atoms with Crippen LogP contribution in [0.25, 0.3) is 0 Å². The Bertz CT molecular complexity index is 601. The zero-order valence-electron chi connectivity index (χ0n) is 11.1. The molecule has 2 aromatic rings. The molecule has 20 heavy (non-hydrogen) atoms. The first-order chi connectivity index (χ1) is 9.61. The fraction of sp³-hybridized carbons (Fsp3) is 0.200. The van der Waals surface area contributed by atoms with Crippen LogP contribution in [0, 0.1) is 0 Å². The fourth-order valence-corrected chi connectivity index (χ4v) is 2.31. The number of pyridine rings is 1. The average Bonchev–Trinajstić information content (AvgIpc) is 2.48. The Hall–Kier alpha value is -1.88. The van der Waals surface area contributed by atoms with Crippen LogP contribution in [0.15, 0.2) is 47.1 Å². The molecule has 0 radical (unpaired) electrons. The van der Waals surface area contributed by atoms with Crippen LogP contribution in [0.5, 0.6) is 0 Å². The van der Waals surface area contributed by atoms with Gasteiger partial charge < -0.3 is 11.1 Å². The molecule has 1 aromatic carbocycles. The maximum Gasteiger partial charge on any atom is 0.255 e. The Kier molecular flexibility index (Phi) is 4.74. The maximum absolute atomic E-state index is 12.3. The lowest BCUT2D eigenvalue weighted by molar-refractivity contribution is 0.0936. The highest BCUT2D eigenvalue weighted by molar-refractivity contribution is 9.10. The number of nitrogens with two attached hydrogens (primary N) is 1. The van der Waals surface area contributed by atoms with E-state index in [-0.39, 0.29) is 17.8 Å². The van der Waals surface area contributed by atoms with Gasteiger partial charge in [0.1, 0.15) is 5.82 Å². The third kappa shape index (κ3) is 3.36. The molecule has 0 aliphatic rings. The van der Waals surface area contributed by atoms with Gasteiger partial charge in [-0.05, 0) is 34.0 Å². The minimum Gasteiger partial charge on any atom is -0.383 e. The van der Waals surface area contributed by atoms with Gasteiger partial charge in [0.05, 0.1) is 11.6 Å². The summed E-state index contributed by atoms with van der Waals surface area (Å²) in [6, 6.07) is 11.5. The third-order valence-electron chi connectivity index (χ3n) is 3.05. The van der Waals surface area contributed by atoms with Crippen molar-refractivity contribution in [2.75, 3.05) is 5.73 Å². The minimum atomic E-state index is -0.216. The van der Waals surface area contributed by atoms with Gasteiger partial charge in [-0.2, -0.15) is 0 Å². The van der Waals surface area contributed by atoms with E-state index in [0.717, 1.165) is 16.5 Å². The quantitative estimate of drug-likeness (QED) is 0.901. The molecule has 1 unspecified atom stereocenters. The molecule has 0 saturated heterocycles. The molecule has 1 atom stereocenters. The van der Waals surface area contributed by atoms with Gasteiger partial charge in [0.25, 0.3) is 5.91 Å². The second-order valence-corrected chi connectivity index (χ2v) is 5.35. The molecule has 3 N–H and O–H groups in total. The molecule has 0 aliphatic carbocycles. The number of nitrogen functional groups attached to an aromatic ring is 1. The van der Waals surface area contributed by atoms with Crippen LogP contribution in [0.1, 0.15) is 35.3 Å². The number of nitrogens with one attached hydrogen (secondary N) is 1. The SMILES string of the molecule is CCC(NC(=O)c1cc(Br)cnc1N)c1ccccc1. The molecule has 0 fully saturated rings. The first-order valence-electron chi connectivity index (χ1n) is 6.38. The fourth-order valence-electron chi connectivity index (χ4n) is 1.97. The summed E-state index contributed by atoms with van der Waals surface area (Å²) < 4.78 is 0.726. The van der Waals surface area contributed by atoms with Gasteiger partial charge in [-0.3, -0.25) is 4.79 Å². The Morgan fingerprint density at radius 1 is 1.40 bits per heavy atom. The van der Waals surface area contributed by atoms with Crippen molar-refractivity contribution in [3.63, 3.8) is 0 Å². The zero-order chi connectivity index (χ0) is 14.5. The van der Waals surface area contributed by atoms with Crippen molar-refractivity contribution in [3.8, 4) is 0 Å². The second kappa shape index (κ2) is 6.52. The van der Waals surface area contributed by atoms with Crippen molar-refractivity contribution >= 4 is 27.7 Å². The molecule has 104 valence electrons. The Morgan fingerprint density at radius 3 is 2.75 bits per heavy atom. The number of hydrogen-bond acceptors (Lipinski definition) is 3. The van der Waals surface area contributed by atoms with E-state index in [9.17, 15) is 4.79 Å². The van der Waals surface area contributed by atoms with E-state index in [1.807, 2.05) is 37.3 Å². The molecule has 1 aromatic heterocycles. The topological polar surface area (TPSA) is 68.0 Å². The molecule has 1 amide bonds. The van der Waals surface area contributed by atoms with Crippen LogP contribution < -0.4 is 11.1 Å². The van der Waals surface area contributed by atoms with Crippen LogP contribution in [0.3, 0.4) is 0 Å². The highest BCUT2D eigenvalue weighted by Gasteiger charge is 2.16. The van der Waals surface area contributed by atoms with Crippen molar-refractivity contribution in [2.45, 2.75) is 19.4 Å². The summed E-state index contributed by atoms with van der Waals surface area (Å²) in [6.45, 7) is 2.03. The van der Waals surface area contributed by atoms with Crippen molar-refractivity contribution in [2.24, 2.45) is 0 Å². The molecule has 0 spiro atoms. The first-order valence-corrected chi connectivity index (χ1v) is 7.18. The molecule has 0 bridgehead atoms. The number of anilines is 1. The number of benzene rings is 1. The van der Waals surface area contributed by atoms with E-state index in [1.54, 1.807) is 12.3 Å². The molecular weight excluding hydrogens is 318 g/mol. The van der Waals surface area contributed by atoms with E-state index in [0.29, 0.717) is 5.56 Å². The van der Waals surface area contributed by atoms with Gasteiger partial charge in [-0.15, -0.1) is 0 Å². The Labute approximate surface area is 126 Å². The largest absolute Gasteiger partial charge is 0.383 e. The number of carbonyl (C=O) groups excluding carboxylic acids is 1. The summed E-state index contributed by atoms with van der Waals surface area (Å²) in [5.41, 5.74) is 7.21. The van der Waals surface area contributed by atoms with Gasteiger partial charge in [-0.25, -0.2) is 4.98 Å². The van der Waals surface area contributed by atoms with Crippen LogP contribution >= 0.6 is 15.9 Å². The van der Waals surface area contributed by atoms with E-state index >= 15 is 0 Å². The summed E-state index contributed by atoms with van der Waals surface area (Å²) in [4.78, 5) is 16.3. The lowest BCUT2D eigenvalue weighted by Gasteiger charge is -2.18. The third-order valence-corrected chi connectivity index (χ3v) is 3.48. The van der Waals surface area contributed by atoms with Crippen molar-refractivity contribution in [1.29, 1.82) is 0 Å². The van der Waals surface area contributed by atoms with Gasteiger partial charge in [-0.1, -0.05) is 37.3 Å². The van der Waals surface area contributed by atoms with Crippen LogP contribution in [0.2, 0.25) is 0 Å². The molecule has 5 heteroatoms. The van der Waals surface area contributed by atoms with Crippen molar-refractivity contribution in [3.05, 3.63) is 58.2 Å². The summed E-state index contributed by atoms with van der Waals surface area (Å²) in [7, 11) is 0. The molecule has 4 nitrogen and oxygen atoms in total. The molecule has 2 rings (SSSR count). The second-order valence-electron chi connectivity index (χ2n) is 4.43. The minimum absolute atomic E-state index is 0.0397. The lowest BCUT2D eigenvalue weighted by atomic mass is 10.0. The van der Waals surface area contributed by atoms with Gasteiger partial charge in [0, 0.05) is 10.7 Å². The van der Waals surface area contributed by atoms with Crippen LogP contribution in [-0.2, 0) is 0 Å². The number of hydrogen-bond donors (Lipinski definition) is 2. The summed E-state index contributed by atoms with van der Waals surface area (Å²) in [5, 5.41) is 2.99. The highest BCUT2D eigenvalue weighted by Crippen LogP contribution is 2.19. The Morgan fingerprint density at radius 2 is 2.10 bits per heavy atom. The lowest BCUT2D eigenvalue weighted by Crippen LogP contribution is -2.29. The number of carbonyl (C=O) groups is 1. The monoisotopic (exact) mass is 333 g/mol. The maximum atomic E-state index is 12.3. The Balaban J connectivity index is 2.20. The number of rotatable bonds is 4. The molecular formula is C15H16BrN3O. The summed E-state index contributed by atoms with van der Waals surface area (Å²) in [5.74, 6) is 0.0145. The van der Waals surface area contributed by atoms with Crippen molar-refractivity contribution in [1.82, 2.24) is 10.3 Å². The van der Waals surface area contributed by atoms with E-state index < -0.39 is 0 Å².